The first kappa shape index (κ1) is 23.4. The van der Waals surface area contributed by atoms with Gasteiger partial charge in [0.05, 0.1) is 18.0 Å². The van der Waals surface area contributed by atoms with Gasteiger partial charge in [-0.2, -0.15) is 0 Å². The van der Waals surface area contributed by atoms with Crippen molar-refractivity contribution >= 4 is 35.3 Å². The van der Waals surface area contributed by atoms with Gasteiger partial charge in [0, 0.05) is 43.2 Å². The van der Waals surface area contributed by atoms with Gasteiger partial charge >= 0.3 is 0 Å². The summed E-state index contributed by atoms with van der Waals surface area (Å²) in [6, 6.07) is 26.0. The Morgan fingerprint density at radius 2 is 1.66 bits per heavy atom. The van der Waals surface area contributed by atoms with Gasteiger partial charge < -0.3 is 9.80 Å². The zero-order chi connectivity index (χ0) is 24.0. The number of amides is 2. The summed E-state index contributed by atoms with van der Waals surface area (Å²) in [6.45, 7) is 4.52. The molecule has 2 aliphatic rings. The molecule has 3 aromatic carbocycles. The number of fused-ring (bicyclic) bond motifs is 1. The number of carbonyl (C=O) groups is 2. The molecule has 5 nitrogen and oxygen atoms in total. The molecule has 0 aromatic heterocycles. The number of piperazine rings is 1. The molecular formula is C29H29N3O2S. The molecule has 2 heterocycles. The minimum Gasteiger partial charge on any atom is -0.336 e. The Bertz CT molecular complexity index is 1220. The largest absolute Gasteiger partial charge is 0.336 e. The monoisotopic (exact) mass is 483 g/mol. The lowest BCUT2D eigenvalue weighted by atomic mass is 10.1. The van der Waals surface area contributed by atoms with Gasteiger partial charge in [-0.3, -0.25) is 14.5 Å². The first-order chi connectivity index (χ1) is 17.2. The molecule has 0 N–H and O–H groups in total. The van der Waals surface area contributed by atoms with E-state index in [0.717, 1.165) is 48.9 Å². The summed E-state index contributed by atoms with van der Waals surface area (Å²) in [5, 5.41) is 0. The molecule has 0 aliphatic carbocycles. The molecule has 0 radical (unpaired) electrons. The van der Waals surface area contributed by atoms with Crippen LogP contribution in [0, 0.1) is 0 Å². The van der Waals surface area contributed by atoms with Crippen molar-refractivity contribution < 1.29 is 9.59 Å². The Balaban J connectivity index is 1.18. The highest BCUT2D eigenvalue weighted by atomic mass is 32.2. The summed E-state index contributed by atoms with van der Waals surface area (Å²) in [5.41, 5.74) is 3.81. The van der Waals surface area contributed by atoms with Gasteiger partial charge in [0.2, 0.25) is 5.91 Å². The molecule has 0 atom stereocenters. The SMILES string of the molecule is O=C(c1cccc(CN2C(=O)CSc3ccccc32)c1)N1CCN(C/C=C/c2ccccc2)CC1. The molecule has 1 fully saturated rings. The highest BCUT2D eigenvalue weighted by Crippen LogP contribution is 2.35. The number of rotatable bonds is 6. The van der Waals surface area contributed by atoms with Gasteiger partial charge in [0.1, 0.15) is 0 Å². The molecule has 35 heavy (non-hydrogen) atoms. The number of para-hydroxylation sites is 1. The molecule has 6 heteroatoms. The van der Waals surface area contributed by atoms with E-state index in [9.17, 15) is 9.59 Å². The quantitative estimate of drug-likeness (QED) is 0.505. The molecule has 2 amide bonds. The van der Waals surface area contributed by atoms with E-state index in [1.807, 2.05) is 70.5 Å². The average Bonchev–Trinajstić information content (AvgIpc) is 2.91. The minimum atomic E-state index is 0.0623. The van der Waals surface area contributed by atoms with Gasteiger partial charge in [-0.1, -0.05) is 66.7 Å². The van der Waals surface area contributed by atoms with Crippen LogP contribution in [-0.2, 0) is 11.3 Å². The van der Waals surface area contributed by atoms with E-state index in [4.69, 9.17) is 0 Å². The fourth-order valence-electron chi connectivity index (χ4n) is 4.53. The lowest BCUT2D eigenvalue weighted by Crippen LogP contribution is -2.48. The summed E-state index contributed by atoms with van der Waals surface area (Å²) >= 11 is 1.58. The third-order valence-corrected chi connectivity index (χ3v) is 7.50. The Hall–Kier alpha value is -3.35. The van der Waals surface area contributed by atoms with Crippen molar-refractivity contribution in [2.24, 2.45) is 0 Å². The zero-order valence-corrected chi connectivity index (χ0v) is 20.5. The first-order valence-electron chi connectivity index (χ1n) is 12.0. The van der Waals surface area contributed by atoms with Crippen LogP contribution in [0.5, 0.6) is 0 Å². The van der Waals surface area contributed by atoms with Crippen molar-refractivity contribution in [3.8, 4) is 0 Å². The predicted molar refractivity (Wildman–Crippen MR) is 143 cm³/mol. The number of hydrogen-bond acceptors (Lipinski definition) is 4. The Morgan fingerprint density at radius 3 is 2.49 bits per heavy atom. The molecule has 1 saturated heterocycles. The van der Waals surface area contributed by atoms with Crippen molar-refractivity contribution in [3.63, 3.8) is 0 Å². The lowest BCUT2D eigenvalue weighted by Gasteiger charge is -2.34. The highest BCUT2D eigenvalue weighted by molar-refractivity contribution is 8.00. The Kier molecular flexibility index (Phi) is 7.31. The molecule has 178 valence electrons. The fraction of sp³-hybridized carbons (Fsp3) is 0.241. The van der Waals surface area contributed by atoms with Gasteiger partial charge in [-0.15, -0.1) is 11.8 Å². The van der Waals surface area contributed by atoms with Crippen LogP contribution in [0.4, 0.5) is 5.69 Å². The molecular weight excluding hydrogens is 454 g/mol. The van der Waals surface area contributed by atoms with Crippen LogP contribution in [0.25, 0.3) is 6.08 Å². The summed E-state index contributed by atoms with van der Waals surface area (Å²) in [4.78, 5) is 33.1. The lowest BCUT2D eigenvalue weighted by molar-refractivity contribution is -0.116. The van der Waals surface area contributed by atoms with Gasteiger partial charge in [0.15, 0.2) is 0 Å². The minimum absolute atomic E-state index is 0.0623. The second kappa shape index (κ2) is 10.9. The second-order valence-corrected chi connectivity index (χ2v) is 9.86. The molecule has 0 spiro atoms. The van der Waals surface area contributed by atoms with E-state index >= 15 is 0 Å². The molecule has 0 unspecified atom stereocenters. The van der Waals surface area contributed by atoms with Crippen molar-refractivity contribution in [1.82, 2.24) is 9.80 Å². The van der Waals surface area contributed by atoms with Crippen LogP contribution in [0.2, 0.25) is 0 Å². The normalized spacial score (nSPS) is 16.5. The third-order valence-electron chi connectivity index (χ3n) is 6.46. The summed E-state index contributed by atoms with van der Waals surface area (Å²) in [7, 11) is 0. The van der Waals surface area contributed by atoms with E-state index in [0.29, 0.717) is 17.9 Å². The van der Waals surface area contributed by atoms with E-state index < -0.39 is 0 Å². The highest BCUT2D eigenvalue weighted by Gasteiger charge is 2.25. The summed E-state index contributed by atoms with van der Waals surface area (Å²) in [6.07, 6.45) is 4.34. The third kappa shape index (κ3) is 5.66. The van der Waals surface area contributed by atoms with Gasteiger partial charge in [-0.25, -0.2) is 0 Å². The number of thioether (sulfide) groups is 1. The van der Waals surface area contributed by atoms with E-state index in [1.54, 1.807) is 11.8 Å². The Labute approximate surface area is 211 Å². The standard InChI is InChI=1S/C29H29N3O2S/c33-28-22-35-27-14-5-4-13-26(27)32(28)21-24-10-6-12-25(20-24)29(34)31-18-16-30(17-19-31)15-7-11-23-8-2-1-3-9-23/h1-14,20H,15-19,21-22H2/b11-7+. The Morgan fingerprint density at radius 1 is 0.886 bits per heavy atom. The van der Waals surface area contributed by atoms with Gasteiger partial charge in [0.25, 0.3) is 5.91 Å². The van der Waals surface area contributed by atoms with Crippen LogP contribution in [0.1, 0.15) is 21.5 Å². The van der Waals surface area contributed by atoms with E-state index in [1.165, 1.54) is 5.56 Å². The molecule has 2 aliphatic heterocycles. The maximum atomic E-state index is 13.2. The number of benzene rings is 3. The summed E-state index contributed by atoms with van der Waals surface area (Å²) in [5.74, 6) is 0.607. The van der Waals surface area contributed by atoms with Crippen LogP contribution in [-0.4, -0.2) is 60.1 Å². The fourth-order valence-corrected chi connectivity index (χ4v) is 5.47. The van der Waals surface area contributed by atoms with Gasteiger partial charge in [-0.05, 0) is 35.4 Å². The summed E-state index contributed by atoms with van der Waals surface area (Å²) < 4.78 is 0. The van der Waals surface area contributed by atoms with E-state index in [2.05, 4.69) is 35.3 Å². The van der Waals surface area contributed by atoms with E-state index in [-0.39, 0.29) is 11.8 Å². The van der Waals surface area contributed by atoms with Crippen molar-refractivity contribution in [2.75, 3.05) is 43.4 Å². The molecule has 5 rings (SSSR count). The molecule has 0 saturated carbocycles. The average molecular weight is 484 g/mol. The number of carbonyl (C=O) groups excluding carboxylic acids is 2. The number of anilines is 1. The zero-order valence-electron chi connectivity index (χ0n) is 19.7. The topological polar surface area (TPSA) is 43.9 Å². The van der Waals surface area contributed by atoms with Crippen molar-refractivity contribution in [2.45, 2.75) is 11.4 Å². The first-order valence-corrected chi connectivity index (χ1v) is 13.0. The molecule has 3 aromatic rings. The van der Waals surface area contributed by atoms with Crippen molar-refractivity contribution in [1.29, 1.82) is 0 Å². The maximum Gasteiger partial charge on any atom is 0.253 e. The number of nitrogens with zero attached hydrogens (tertiary/aromatic N) is 3. The number of hydrogen-bond donors (Lipinski definition) is 0. The maximum absolute atomic E-state index is 13.2. The van der Waals surface area contributed by atoms with Crippen LogP contribution >= 0.6 is 11.8 Å². The van der Waals surface area contributed by atoms with Crippen LogP contribution in [0.15, 0.2) is 89.8 Å². The predicted octanol–water partition coefficient (Wildman–Crippen LogP) is 4.80. The smallest absolute Gasteiger partial charge is 0.253 e. The molecule has 0 bridgehead atoms. The van der Waals surface area contributed by atoms with Crippen LogP contribution in [0.3, 0.4) is 0 Å². The van der Waals surface area contributed by atoms with Crippen molar-refractivity contribution in [3.05, 3.63) is 102 Å². The second-order valence-electron chi connectivity index (χ2n) is 8.84. The van der Waals surface area contributed by atoms with Crippen LogP contribution < -0.4 is 4.90 Å².